The molecule has 0 saturated carbocycles. The molecule has 1 fully saturated rings. The highest BCUT2D eigenvalue weighted by Crippen LogP contribution is 2.25. The number of hydrogen-bond acceptors (Lipinski definition) is 4. The van der Waals surface area contributed by atoms with Gasteiger partial charge in [-0.05, 0) is 45.4 Å². The summed E-state index contributed by atoms with van der Waals surface area (Å²) in [5.41, 5.74) is 1.72. The quantitative estimate of drug-likeness (QED) is 0.741. The minimum absolute atomic E-state index is 0.0706. The lowest BCUT2D eigenvalue weighted by Crippen LogP contribution is -2.49. The molecule has 1 aromatic carbocycles. The van der Waals surface area contributed by atoms with Gasteiger partial charge in [0.05, 0.1) is 0 Å². The molecule has 0 spiro atoms. The number of rotatable bonds is 3. The van der Waals surface area contributed by atoms with E-state index < -0.39 is 0 Å². The van der Waals surface area contributed by atoms with Crippen molar-refractivity contribution in [2.24, 2.45) is 7.05 Å². The van der Waals surface area contributed by atoms with Crippen LogP contribution in [-0.4, -0.2) is 51.6 Å². The molecule has 8 nitrogen and oxygen atoms in total. The van der Waals surface area contributed by atoms with Crippen molar-refractivity contribution in [3.8, 4) is 0 Å². The maximum absolute atomic E-state index is 13.3. The first-order chi connectivity index (χ1) is 13.7. The van der Waals surface area contributed by atoms with Crippen molar-refractivity contribution in [1.82, 2.24) is 25.1 Å². The fourth-order valence-corrected chi connectivity index (χ4v) is 3.43. The highest BCUT2D eigenvalue weighted by molar-refractivity contribution is 5.97. The molecule has 2 aromatic rings. The zero-order chi connectivity index (χ0) is 21.2. The Kier molecular flexibility index (Phi) is 5.93. The minimum atomic E-state index is -0.346. The second-order valence-electron chi connectivity index (χ2n) is 8.47. The fraction of sp³-hybridized carbons (Fsp3) is 0.476. The molecule has 2 heterocycles. The molecule has 0 bridgehead atoms. The van der Waals surface area contributed by atoms with Crippen LogP contribution >= 0.6 is 0 Å². The molecule has 1 aromatic heterocycles. The molecule has 3 N–H and O–H groups in total. The van der Waals surface area contributed by atoms with Gasteiger partial charge < -0.3 is 25.4 Å². The summed E-state index contributed by atoms with van der Waals surface area (Å²) >= 11 is 0. The van der Waals surface area contributed by atoms with Gasteiger partial charge in [0.2, 0.25) is 0 Å². The van der Waals surface area contributed by atoms with Gasteiger partial charge in [0.25, 0.3) is 5.91 Å². The topological polar surface area (TPSA) is 91.3 Å². The first-order valence-corrected chi connectivity index (χ1v) is 9.84. The first-order valence-electron chi connectivity index (χ1n) is 9.84. The van der Waals surface area contributed by atoms with Crippen molar-refractivity contribution >= 4 is 17.6 Å². The Morgan fingerprint density at radius 2 is 2.03 bits per heavy atom. The van der Waals surface area contributed by atoms with E-state index in [0.717, 1.165) is 17.9 Å². The van der Waals surface area contributed by atoms with Gasteiger partial charge >= 0.3 is 6.03 Å². The highest BCUT2D eigenvalue weighted by Gasteiger charge is 2.31. The van der Waals surface area contributed by atoms with Crippen molar-refractivity contribution in [3.63, 3.8) is 0 Å². The van der Waals surface area contributed by atoms with Crippen molar-refractivity contribution in [3.05, 3.63) is 47.5 Å². The van der Waals surface area contributed by atoms with Gasteiger partial charge in [-0.3, -0.25) is 4.79 Å². The van der Waals surface area contributed by atoms with E-state index in [9.17, 15) is 9.59 Å². The Labute approximate surface area is 171 Å². The molecule has 156 valence electrons. The Balaban J connectivity index is 1.83. The summed E-state index contributed by atoms with van der Waals surface area (Å²) in [6.45, 7) is 9.64. The number of amides is 3. The van der Waals surface area contributed by atoms with Crippen LogP contribution in [0.2, 0.25) is 0 Å². The third-order valence-corrected chi connectivity index (χ3v) is 4.88. The molecule has 0 radical (unpaired) electrons. The summed E-state index contributed by atoms with van der Waals surface area (Å²) in [7, 11) is 1.93. The van der Waals surface area contributed by atoms with Gasteiger partial charge in [-0.1, -0.05) is 6.07 Å². The third-order valence-electron chi connectivity index (χ3n) is 4.88. The molecule has 29 heavy (non-hydrogen) atoms. The predicted octanol–water partition coefficient (Wildman–Crippen LogP) is 2.44. The number of nitrogens with one attached hydrogen (secondary N) is 3. The van der Waals surface area contributed by atoms with Crippen LogP contribution < -0.4 is 16.0 Å². The number of imidazole rings is 1. The number of anilines is 1. The van der Waals surface area contributed by atoms with E-state index in [0.29, 0.717) is 24.3 Å². The van der Waals surface area contributed by atoms with E-state index in [1.54, 1.807) is 12.3 Å². The van der Waals surface area contributed by atoms with Crippen LogP contribution in [0.5, 0.6) is 0 Å². The molecule has 1 unspecified atom stereocenters. The largest absolute Gasteiger partial charge is 0.336 e. The third kappa shape index (κ3) is 4.95. The molecule has 8 heteroatoms. The Morgan fingerprint density at radius 1 is 1.28 bits per heavy atom. The summed E-state index contributed by atoms with van der Waals surface area (Å²) in [6, 6.07) is 4.98. The van der Waals surface area contributed by atoms with Gasteiger partial charge in [-0.2, -0.15) is 0 Å². The van der Waals surface area contributed by atoms with E-state index in [1.165, 1.54) is 0 Å². The van der Waals surface area contributed by atoms with Crippen LogP contribution in [0, 0.1) is 6.92 Å². The Bertz CT molecular complexity index is 899. The van der Waals surface area contributed by atoms with Crippen molar-refractivity contribution in [2.75, 3.05) is 25.0 Å². The average Bonchev–Trinajstić information content (AvgIpc) is 3.07. The number of urea groups is 1. The summed E-state index contributed by atoms with van der Waals surface area (Å²) in [6.07, 6.45) is 3.63. The van der Waals surface area contributed by atoms with E-state index in [1.807, 2.05) is 62.5 Å². The van der Waals surface area contributed by atoms with Crippen LogP contribution in [0.4, 0.5) is 10.5 Å². The first kappa shape index (κ1) is 20.9. The van der Waals surface area contributed by atoms with Gasteiger partial charge in [0.15, 0.2) is 0 Å². The molecule has 3 amide bonds. The standard InChI is InChI=1S/C21H30N6O2/c1-14-6-7-15(12-16(14)24-20(29)25-21(2,3)4)19(28)27-11-8-22-13-17(27)18-23-9-10-26(18)5/h6-7,9-10,12,17,22H,8,11,13H2,1-5H3,(H2,24,25,29). The van der Waals surface area contributed by atoms with Crippen LogP contribution in [0.25, 0.3) is 0 Å². The summed E-state index contributed by atoms with van der Waals surface area (Å²) in [4.78, 5) is 31.9. The molecular weight excluding hydrogens is 368 g/mol. The lowest BCUT2D eigenvalue weighted by molar-refractivity contribution is 0.0621. The van der Waals surface area contributed by atoms with Gasteiger partial charge in [-0.25, -0.2) is 9.78 Å². The van der Waals surface area contributed by atoms with Crippen LogP contribution in [0.3, 0.4) is 0 Å². The molecule has 1 aliphatic rings. The number of carbonyl (C=O) groups excluding carboxylic acids is 2. The van der Waals surface area contributed by atoms with E-state index >= 15 is 0 Å². The zero-order valence-electron chi connectivity index (χ0n) is 17.7. The second kappa shape index (κ2) is 8.24. The number of hydrogen-bond donors (Lipinski definition) is 3. The van der Waals surface area contributed by atoms with E-state index in [2.05, 4.69) is 20.9 Å². The molecular formula is C21H30N6O2. The lowest BCUT2D eigenvalue weighted by Gasteiger charge is -2.36. The number of nitrogens with zero attached hydrogens (tertiary/aromatic N) is 3. The van der Waals surface area contributed by atoms with Crippen molar-refractivity contribution in [2.45, 2.75) is 39.3 Å². The Hall–Kier alpha value is -2.87. The normalized spacial score (nSPS) is 17.1. The molecule has 0 aliphatic carbocycles. The molecule has 1 atom stereocenters. The average molecular weight is 399 g/mol. The van der Waals surface area contributed by atoms with Crippen LogP contribution in [0.1, 0.15) is 48.6 Å². The van der Waals surface area contributed by atoms with Crippen LogP contribution in [0.15, 0.2) is 30.6 Å². The van der Waals surface area contributed by atoms with Crippen LogP contribution in [-0.2, 0) is 7.05 Å². The smallest absolute Gasteiger partial charge is 0.319 e. The number of carbonyl (C=O) groups is 2. The van der Waals surface area contributed by atoms with Gasteiger partial charge in [0.1, 0.15) is 11.9 Å². The highest BCUT2D eigenvalue weighted by atomic mass is 16.2. The molecule has 1 saturated heterocycles. The SMILES string of the molecule is Cc1ccc(C(=O)N2CCNCC2c2nccn2C)cc1NC(=O)NC(C)(C)C. The van der Waals surface area contributed by atoms with E-state index in [4.69, 9.17) is 0 Å². The number of piperazine rings is 1. The summed E-state index contributed by atoms with van der Waals surface area (Å²) < 4.78 is 1.94. The maximum atomic E-state index is 13.3. The maximum Gasteiger partial charge on any atom is 0.319 e. The minimum Gasteiger partial charge on any atom is -0.336 e. The number of aryl methyl sites for hydroxylation is 2. The monoisotopic (exact) mass is 398 g/mol. The predicted molar refractivity (Wildman–Crippen MR) is 113 cm³/mol. The molecule has 1 aliphatic heterocycles. The summed E-state index contributed by atoms with van der Waals surface area (Å²) in [5, 5.41) is 9.08. The number of aromatic nitrogens is 2. The number of benzene rings is 1. The van der Waals surface area contributed by atoms with E-state index in [-0.39, 0.29) is 23.5 Å². The van der Waals surface area contributed by atoms with Gasteiger partial charge in [-0.15, -0.1) is 0 Å². The summed E-state index contributed by atoms with van der Waals surface area (Å²) in [5.74, 6) is 0.777. The van der Waals surface area contributed by atoms with Crippen molar-refractivity contribution < 1.29 is 9.59 Å². The second-order valence-corrected chi connectivity index (χ2v) is 8.47. The molecule has 3 rings (SSSR count). The fourth-order valence-electron chi connectivity index (χ4n) is 3.43. The zero-order valence-corrected chi connectivity index (χ0v) is 17.7. The Morgan fingerprint density at radius 3 is 2.69 bits per heavy atom. The lowest BCUT2D eigenvalue weighted by atomic mass is 10.1. The van der Waals surface area contributed by atoms with Crippen molar-refractivity contribution in [1.29, 1.82) is 0 Å². The van der Waals surface area contributed by atoms with Gasteiger partial charge in [0, 0.05) is 55.9 Å².